The second-order valence-electron chi connectivity index (χ2n) is 4.88. The number of nitrogens with two attached hydrogens (primary N) is 1. The van der Waals surface area contributed by atoms with Gasteiger partial charge in [0.25, 0.3) is 0 Å². The maximum absolute atomic E-state index is 12.5. The standard InChI is InChI=1S/C15H16ClNO2S/c1-10-3-6-15(11(2)7-10)20(18,19)9-12-4-5-13(16)14(17)8-12/h3-8H,9,17H2,1-2H3. The minimum absolute atomic E-state index is 0.0850. The zero-order chi connectivity index (χ0) is 14.9. The Balaban J connectivity index is 2.38. The fourth-order valence-electron chi connectivity index (χ4n) is 2.13. The zero-order valence-corrected chi connectivity index (χ0v) is 12.9. The van der Waals surface area contributed by atoms with Crippen molar-refractivity contribution in [1.29, 1.82) is 0 Å². The fraction of sp³-hybridized carbons (Fsp3) is 0.200. The first-order valence-electron chi connectivity index (χ1n) is 6.13. The maximum atomic E-state index is 12.5. The third kappa shape index (κ3) is 3.14. The van der Waals surface area contributed by atoms with Gasteiger partial charge in [-0.1, -0.05) is 35.4 Å². The summed E-state index contributed by atoms with van der Waals surface area (Å²) >= 11 is 5.84. The molecule has 5 heteroatoms. The Hall–Kier alpha value is -1.52. The number of anilines is 1. The number of rotatable bonds is 3. The zero-order valence-electron chi connectivity index (χ0n) is 11.4. The van der Waals surface area contributed by atoms with Crippen molar-refractivity contribution in [2.75, 3.05) is 5.73 Å². The lowest BCUT2D eigenvalue weighted by atomic mass is 10.2. The number of hydrogen-bond donors (Lipinski definition) is 1. The van der Waals surface area contributed by atoms with Crippen LogP contribution in [0, 0.1) is 13.8 Å². The van der Waals surface area contributed by atoms with Crippen molar-refractivity contribution in [2.24, 2.45) is 0 Å². The SMILES string of the molecule is Cc1ccc(S(=O)(=O)Cc2ccc(Cl)c(N)c2)c(C)c1. The number of sulfone groups is 1. The van der Waals surface area contributed by atoms with Gasteiger partial charge in [-0.05, 0) is 43.2 Å². The van der Waals surface area contributed by atoms with Crippen molar-refractivity contribution >= 4 is 27.1 Å². The lowest BCUT2D eigenvalue weighted by Crippen LogP contribution is -2.07. The molecule has 0 amide bonds. The molecule has 0 bridgehead atoms. The average Bonchev–Trinajstić information content (AvgIpc) is 2.33. The van der Waals surface area contributed by atoms with Crippen LogP contribution in [0.2, 0.25) is 5.02 Å². The van der Waals surface area contributed by atoms with Crippen LogP contribution in [-0.2, 0) is 15.6 Å². The molecule has 2 aromatic carbocycles. The minimum atomic E-state index is -3.39. The summed E-state index contributed by atoms with van der Waals surface area (Å²) in [6.07, 6.45) is 0. The lowest BCUT2D eigenvalue weighted by Gasteiger charge is -2.09. The van der Waals surface area contributed by atoms with Gasteiger partial charge in [-0.3, -0.25) is 0 Å². The number of halogens is 1. The van der Waals surface area contributed by atoms with Crippen LogP contribution < -0.4 is 5.73 Å². The van der Waals surface area contributed by atoms with E-state index in [1.54, 1.807) is 37.3 Å². The molecule has 0 aromatic heterocycles. The molecule has 2 N–H and O–H groups in total. The monoisotopic (exact) mass is 309 g/mol. The Morgan fingerprint density at radius 1 is 1.10 bits per heavy atom. The van der Waals surface area contributed by atoms with Crippen molar-refractivity contribution in [1.82, 2.24) is 0 Å². The van der Waals surface area contributed by atoms with E-state index in [2.05, 4.69) is 0 Å². The van der Waals surface area contributed by atoms with Crippen LogP contribution >= 0.6 is 11.6 Å². The molecule has 0 radical (unpaired) electrons. The molecule has 0 aliphatic heterocycles. The first-order chi connectivity index (χ1) is 9.29. The summed E-state index contributed by atoms with van der Waals surface area (Å²) in [6.45, 7) is 3.74. The Kier molecular flexibility index (Phi) is 4.06. The molecule has 0 aliphatic carbocycles. The van der Waals surface area contributed by atoms with Crippen LogP contribution in [0.4, 0.5) is 5.69 Å². The first kappa shape index (κ1) is 14.9. The summed E-state index contributed by atoms with van der Waals surface area (Å²) < 4.78 is 24.9. The highest BCUT2D eigenvalue weighted by Crippen LogP contribution is 2.24. The van der Waals surface area contributed by atoms with Crippen LogP contribution in [0.25, 0.3) is 0 Å². The molecule has 20 heavy (non-hydrogen) atoms. The van der Waals surface area contributed by atoms with E-state index in [-0.39, 0.29) is 5.75 Å². The predicted octanol–water partition coefficient (Wildman–Crippen LogP) is 3.51. The highest BCUT2D eigenvalue weighted by molar-refractivity contribution is 7.90. The van der Waals surface area contributed by atoms with Gasteiger partial charge in [0.05, 0.1) is 21.4 Å². The van der Waals surface area contributed by atoms with Crippen LogP contribution in [0.5, 0.6) is 0 Å². The molecule has 0 saturated carbocycles. The van der Waals surface area contributed by atoms with E-state index in [0.29, 0.717) is 21.2 Å². The van der Waals surface area contributed by atoms with E-state index >= 15 is 0 Å². The number of benzene rings is 2. The average molecular weight is 310 g/mol. The smallest absolute Gasteiger partial charge is 0.182 e. The van der Waals surface area contributed by atoms with Crippen molar-refractivity contribution in [3.63, 3.8) is 0 Å². The van der Waals surface area contributed by atoms with Crippen LogP contribution in [0.1, 0.15) is 16.7 Å². The molecule has 3 nitrogen and oxygen atoms in total. The lowest BCUT2D eigenvalue weighted by molar-refractivity contribution is 0.594. The Bertz CT molecular complexity index is 754. The molecular weight excluding hydrogens is 294 g/mol. The Morgan fingerprint density at radius 3 is 2.40 bits per heavy atom. The Morgan fingerprint density at radius 2 is 1.80 bits per heavy atom. The topological polar surface area (TPSA) is 60.2 Å². The number of nitrogen functional groups attached to an aromatic ring is 1. The molecular formula is C15H16ClNO2S. The second kappa shape index (κ2) is 5.46. The number of hydrogen-bond acceptors (Lipinski definition) is 3. The molecule has 0 heterocycles. The largest absolute Gasteiger partial charge is 0.398 e. The second-order valence-corrected chi connectivity index (χ2v) is 7.25. The molecule has 2 rings (SSSR count). The molecule has 0 unspecified atom stereocenters. The molecule has 106 valence electrons. The fourth-order valence-corrected chi connectivity index (χ4v) is 3.84. The van der Waals surface area contributed by atoms with E-state index < -0.39 is 9.84 Å². The Labute approximate surface area is 124 Å². The van der Waals surface area contributed by atoms with Crippen molar-refractivity contribution in [2.45, 2.75) is 24.5 Å². The van der Waals surface area contributed by atoms with Crippen molar-refractivity contribution in [3.8, 4) is 0 Å². The van der Waals surface area contributed by atoms with Gasteiger partial charge in [-0.25, -0.2) is 8.42 Å². The maximum Gasteiger partial charge on any atom is 0.182 e. The van der Waals surface area contributed by atoms with Crippen molar-refractivity contribution < 1.29 is 8.42 Å². The van der Waals surface area contributed by atoms with Crippen LogP contribution in [-0.4, -0.2) is 8.42 Å². The first-order valence-corrected chi connectivity index (χ1v) is 8.16. The van der Waals surface area contributed by atoms with Crippen LogP contribution in [0.15, 0.2) is 41.3 Å². The molecule has 0 aliphatic rings. The van der Waals surface area contributed by atoms with Gasteiger partial charge in [0.2, 0.25) is 0 Å². The third-order valence-corrected chi connectivity index (χ3v) is 5.27. The van der Waals surface area contributed by atoms with Crippen LogP contribution in [0.3, 0.4) is 0 Å². The van der Waals surface area contributed by atoms with E-state index in [9.17, 15) is 8.42 Å². The highest BCUT2D eigenvalue weighted by atomic mass is 35.5. The molecule has 0 saturated heterocycles. The highest BCUT2D eigenvalue weighted by Gasteiger charge is 2.18. The van der Waals surface area contributed by atoms with Gasteiger partial charge in [0.1, 0.15) is 0 Å². The molecule has 0 fully saturated rings. The predicted molar refractivity (Wildman–Crippen MR) is 82.7 cm³/mol. The van der Waals surface area contributed by atoms with Gasteiger partial charge in [-0.2, -0.15) is 0 Å². The van der Waals surface area contributed by atoms with Gasteiger partial charge < -0.3 is 5.73 Å². The van der Waals surface area contributed by atoms with E-state index in [4.69, 9.17) is 17.3 Å². The van der Waals surface area contributed by atoms with E-state index in [1.807, 2.05) is 13.0 Å². The summed E-state index contributed by atoms with van der Waals surface area (Å²) in [5.41, 5.74) is 8.52. The summed E-state index contributed by atoms with van der Waals surface area (Å²) in [5.74, 6) is -0.0850. The third-order valence-electron chi connectivity index (χ3n) is 3.08. The molecule has 0 spiro atoms. The van der Waals surface area contributed by atoms with Gasteiger partial charge in [0, 0.05) is 0 Å². The van der Waals surface area contributed by atoms with Gasteiger partial charge in [0.15, 0.2) is 9.84 Å². The summed E-state index contributed by atoms with van der Waals surface area (Å²) in [5, 5.41) is 0.428. The minimum Gasteiger partial charge on any atom is -0.398 e. The van der Waals surface area contributed by atoms with Crippen molar-refractivity contribution in [3.05, 3.63) is 58.1 Å². The number of aryl methyl sites for hydroxylation is 2. The quantitative estimate of drug-likeness (QED) is 0.883. The van der Waals surface area contributed by atoms with E-state index in [1.165, 1.54) is 0 Å². The normalized spacial score (nSPS) is 11.6. The summed E-state index contributed by atoms with van der Waals surface area (Å²) in [4.78, 5) is 0.358. The van der Waals surface area contributed by atoms with Gasteiger partial charge in [-0.15, -0.1) is 0 Å². The summed E-state index contributed by atoms with van der Waals surface area (Å²) in [7, 11) is -3.39. The van der Waals surface area contributed by atoms with E-state index in [0.717, 1.165) is 11.1 Å². The molecule has 0 atom stereocenters. The van der Waals surface area contributed by atoms with Gasteiger partial charge >= 0.3 is 0 Å². The molecule has 2 aromatic rings. The summed E-state index contributed by atoms with van der Waals surface area (Å²) in [6, 6.07) is 10.2.